The molecule has 0 radical (unpaired) electrons. The molecule has 8 aromatic rings. The van der Waals surface area contributed by atoms with Gasteiger partial charge in [-0.25, -0.2) is 4.99 Å². The highest BCUT2D eigenvalue weighted by Crippen LogP contribution is 2.57. The molecule has 10 rings (SSSR count). The number of hydrogen-bond donors (Lipinski definition) is 2. The van der Waals surface area contributed by atoms with Crippen molar-refractivity contribution in [1.82, 2.24) is 10.6 Å². The fourth-order valence-corrected chi connectivity index (χ4v) is 8.62. The van der Waals surface area contributed by atoms with Crippen LogP contribution in [0.15, 0.2) is 199 Å². The van der Waals surface area contributed by atoms with Gasteiger partial charge >= 0.3 is 0 Å². The summed E-state index contributed by atoms with van der Waals surface area (Å²) < 4.78 is 0. The van der Waals surface area contributed by atoms with E-state index < -0.39 is 5.41 Å². The molecule has 3 atom stereocenters. The van der Waals surface area contributed by atoms with E-state index in [1.165, 1.54) is 44.2 Å². The highest BCUT2D eigenvalue weighted by atomic mass is 15.3. The topological polar surface area (TPSA) is 60.2 Å². The third-order valence-electron chi connectivity index (χ3n) is 11.3. The summed E-state index contributed by atoms with van der Waals surface area (Å²) in [5.41, 5.74) is 13.1. The van der Waals surface area contributed by atoms with Crippen LogP contribution in [0.25, 0.3) is 33.0 Å². The first kappa shape index (κ1) is 32.6. The molecule has 55 heavy (non-hydrogen) atoms. The minimum Gasteiger partial charge on any atom is -0.350 e. The van der Waals surface area contributed by atoms with E-state index in [2.05, 4.69) is 174 Å². The largest absolute Gasteiger partial charge is 0.350 e. The molecule has 1 aliphatic carbocycles. The number of amidine groups is 1. The van der Waals surface area contributed by atoms with E-state index in [9.17, 15) is 5.26 Å². The number of nitrogens with zero attached hydrogens (tertiary/aromatic N) is 2. The maximum atomic E-state index is 9.37. The lowest BCUT2D eigenvalue weighted by molar-refractivity contribution is 0.409. The fourth-order valence-electron chi connectivity index (χ4n) is 8.62. The molecule has 0 bridgehead atoms. The quantitative estimate of drug-likeness (QED) is 0.181. The van der Waals surface area contributed by atoms with E-state index in [-0.39, 0.29) is 12.3 Å². The van der Waals surface area contributed by atoms with E-state index in [0.29, 0.717) is 5.56 Å². The van der Waals surface area contributed by atoms with Crippen molar-refractivity contribution in [2.75, 3.05) is 0 Å². The summed E-state index contributed by atoms with van der Waals surface area (Å²) in [7, 11) is 0. The molecule has 0 fully saturated rings. The maximum Gasteiger partial charge on any atom is 0.131 e. The number of nitriles is 1. The van der Waals surface area contributed by atoms with Crippen molar-refractivity contribution in [3.8, 4) is 28.3 Å². The Kier molecular flexibility index (Phi) is 7.95. The van der Waals surface area contributed by atoms with Crippen LogP contribution in [-0.2, 0) is 5.41 Å². The predicted octanol–water partition coefficient (Wildman–Crippen LogP) is 11.1. The summed E-state index contributed by atoms with van der Waals surface area (Å²) in [6.07, 6.45) is -0.306. The molecular weight excluding hydrogens is 669 g/mol. The molecule has 1 aliphatic heterocycles. The number of rotatable bonds is 6. The Labute approximate surface area is 321 Å². The molecular formula is C51H36N4. The van der Waals surface area contributed by atoms with Gasteiger partial charge in [-0.15, -0.1) is 0 Å². The van der Waals surface area contributed by atoms with Crippen LogP contribution in [0, 0.1) is 11.3 Å². The molecule has 2 N–H and O–H groups in total. The van der Waals surface area contributed by atoms with Gasteiger partial charge in [0, 0.05) is 5.56 Å². The Morgan fingerprint density at radius 3 is 1.84 bits per heavy atom. The number of benzene rings is 8. The summed E-state index contributed by atoms with van der Waals surface area (Å²) in [6.45, 7) is 0. The molecule has 2 aliphatic rings. The SMILES string of the molecule is N#Cc1ccc(-c2ccc3cc4c(cc3c2)C(c2ccccc2)(c2ccc(C3=NC(c5ccccc5)NC(c5ccccc5)N3)cc2)c2ccccc2-4)cc1. The first-order chi connectivity index (χ1) is 27.2. The summed E-state index contributed by atoms with van der Waals surface area (Å²) in [6, 6.07) is 71.4. The van der Waals surface area contributed by atoms with Gasteiger partial charge in [0.2, 0.25) is 0 Å². The second-order valence-corrected chi connectivity index (χ2v) is 14.3. The standard InChI is InChI=1S/C51H36N4/c52-33-34-20-22-35(23-21-34)39-24-25-40-31-45-44-18-10-11-19-46(44)51(42-16-8-3-9-17-42,47(45)32-41(40)30-39)43-28-26-38(27-29-43)50-54-48(36-12-4-1-5-13-36)53-49(55-50)37-14-6-2-7-15-37/h1-32,48-49,53H,(H,54,55). The van der Waals surface area contributed by atoms with E-state index in [1.54, 1.807) is 0 Å². The number of aliphatic imine (C=N–C) groups is 1. The summed E-state index contributed by atoms with van der Waals surface area (Å²) in [4.78, 5) is 5.23. The number of hydrogen-bond acceptors (Lipinski definition) is 4. The van der Waals surface area contributed by atoms with E-state index in [0.717, 1.165) is 33.7 Å². The van der Waals surface area contributed by atoms with Crippen molar-refractivity contribution in [2.45, 2.75) is 17.7 Å². The first-order valence-corrected chi connectivity index (χ1v) is 18.7. The van der Waals surface area contributed by atoms with Crippen LogP contribution in [0.5, 0.6) is 0 Å². The Bertz CT molecular complexity index is 2750. The highest BCUT2D eigenvalue weighted by molar-refractivity contribution is 6.00. The monoisotopic (exact) mass is 704 g/mol. The second kappa shape index (κ2) is 13.4. The van der Waals surface area contributed by atoms with Crippen LogP contribution in [-0.4, -0.2) is 5.84 Å². The van der Waals surface area contributed by atoms with Crippen LogP contribution in [0.1, 0.15) is 56.8 Å². The molecule has 3 unspecified atom stereocenters. The van der Waals surface area contributed by atoms with Crippen molar-refractivity contribution < 1.29 is 0 Å². The Hall–Kier alpha value is -7.06. The predicted molar refractivity (Wildman–Crippen MR) is 223 cm³/mol. The zero-order valence-electron chi connectivity index (χ0n) is 30.0. The lowest BCUT2D eigenvalue weighted by Gasteiger charge is -2.35. The summed E-state index contributed by atoms with van der Waals surface area (Å²) in [5, 5.41) is 19.2. The van der Waals surface area contributed by atoms with E-state index in [1.807, 2.05) is 36.4 Å². The van der Waals surface area contributed by atoms with Gasteiger partial charge in [-0.2, -0.15) is 5.26 Å². The van der Waals surface area contributed by atoms with Gasteiger partial charge < -0.3 is 5.32 Å². The van der Waals surface area contributed by atoms with Crippen LogP contribution in [0.3, 0.4) is 0 Å². The summed E-state index contributed by atoms with van der Waals surface area (Å²) in [5.74, 6) is 0.857. The zero-order chi connectivity index (χ0) is 36.8. The molecule has 0 saturated heterocycles. The first-order valence-electron chi connectivity index (χ1n) is 18.7. The van der Waals surface area contributed by atoms with Crippen molar-refractivity contribution in [3.05, 3.63) is 239 Å². The minimum absolute atomic E-state index is 0.106. The van der Waals surface area contributed by atoms with E-state index in [4.69, 9.17) is 4.99 Å². The fraction of sp³-hybridized carbons (Fsp3) is 0.0588. The lowest BCUT2D eigenvalue weighted by atomic mass is 9.67. The van der Waals surface area contributed by atoms with Gasteiger partial charge in [-0.05, 0) is 96.7 Å². The molecule has 4 nitrogen and oxygen atoms in total. The smallest absolute Gasteiger partial charge is 0.131 e. The molecule has 260 valence electrons. The zero-order valence-corrected chi connectivity index (χ0v) is 30.0. The molecule has 0 aromatic heterocycles. The van der Waals surface area contributed by atoms with Crippen LogP contribution < -0.4 is 10.6 Å². The van der Waals surface area contributed by atoms with Gasteiger partial charge in [0.25, 0.3) is 0 Å². The number of nitrogens with one attached hydrogen (secondary N) is 2. The molecule has 0 saturated carbocycles. The number of fused-ring (bicyclic) bond motifs is 4. The molecule has 0 spiro atoms. The molecule has 8 aromatic carbocycles. The normalized spacial score (nSPS) is 18.4. The third kappa shape index (κ3) is 5.53. The van der Waals surface area contributed by atoms with Gasteiger partial charge in [-0.1, -0.05) is 164 Å². The van der Waals surface area contributed by atoms with Crippen LogP contribution >= 0.6 is 0 Å². The van der Waals surface area contributed by atoms with Gasteiger partial charge in [0.05, 0.1) is 17.0 Å². The van der Waals surface area contributed by atoms with Crippen LogP contribution in [0.2, 0.25) is 0 Å². The van der Waals surface area contributed by atoms with Crippen molar-refractivity contribution in [3.63, 3.8) is 0 Å². The molecule has 4 heteroatoms. The lowest BCUT2D eigenvalue weighted by Crippen LogP contribution is -2.45. The van der Waals surface area contributed by atoms with Gasteiger partial charge in [0.1, 0.15) is 18.2 Å². The van der Waals surface area contributed by atoms with E-state index >= 15 is 0 Å². The Morgan fingerprint density at radius 2 is 1.11 bits per heavy atom. The average molecular weight is 705 g/mol. The van der Waals surface area contributed by atoms with Crippen molar-refractivity contribution >= 4 is 16.6 Å². The van der Waals surface area contributed by atoms with Gasteiger partial charge in [0.15, 0.2) is 0 Å². The molecule has 1 heterocycles. The Balaban J connectivity index is 1.13. The second-order valence-electron chi connectivity index (χ2n) is 14.3. The Morgan fingerprint density at radius 1 is 0.491 bits per heavy atom. The van der Waals surface area contributed by atoms with Crippen LogP contribution in [0.4, 0.5) is 0 Å². The highest BCUT2D eigenvalue weighted by Gasteiger charge is 2.46. The van der Waals surface area contributed by atoms with Gasteiger partial charge in [-0.3, -0.25) is 5.32 Å². The average Bonchev–Trinajstić information content (AvgIpc) is 3.56. The van der Waals surface area contributed by atoms with Crippen molar-refractivity contribution in [1.29, 1.82) is 5.26 Å². The molecule has 0 amide bonds. The maximum absolute atomic E-state index is 9.37. The third-order valence-corrected chi connectivity index (χ3v) is 11.3. The van der Waals surface area contributed by atoms with Crippen molar-refractivity contribution in [2.24, 2.45) is 4.99 Å². The minimum atomic E-state index is -0.549. The summed E-state index contributed by atoms with van der Waals surface area (Å²) >= 11 is 0.